The van der Waals surface area contributed by atoms with Crippen LogP contribution in [0, 0.1) is 6.92 Å². The molecule has 0 spiro atoms. The van der Waals surface area contributed by atoms with Gasteiger partial charge < -0.3 is 4.42 Å². The van der Waals surface area contributed by atoms with E-state index >= 15 is 0 Å². The van der Waals surface area contributed by atoms with Crippen LogP contribution >= 0.6 is 12.6 Å². The van der Waals surface area contributed by atoms with Gasteiger partial charge in [-0.05, 0) is 6.92 Å². The first-order valence-electron chi connectivity index (χ1n) is 6.06. The molecule has 3 rings (SSSR count). The minimum Gasteiger partial charge on any atom is -0.431 e. The molecule has 0 amide bonds. The highest BCUT2D eigenvalue weighted by atomic mass is 32.1. The second-order valence-electron chi connectivity index (χ2n) is 4.41. The average Bonchev–Trinajstić information content (AvgIpc) is 2.83. The molecule has 0 aliphatic rings. The maximum Gasteiger partial charge on any atom is 0.253 e. The first-order valence-corrected chi connectivity index (χ1v) is 6.51. The molecule has 0 atom stereocenters. The third-order valence-corrected chi connectivity index (χ3v) is 3.17. The highest BCUT2D eigenvalue weighted by Gasteiger charge is 2.14. The van der Waals surface area contributed by atoms with E-state index in [2.05, 4.69) is 36.7 Å². The summed E-state index contributed by atoms with van der Waals surface area (Å²) in [6, 6.07) is 18.2. The standard InChI is InChI=1S/C16H13NOS/c1-11-7-9-12(10-8-11)14-15(18-16(19)17-14)13-5-3-2-4-6-13/h2-10H,1H3,(H,17,19). The zero-order valence-corrected chi connectivity index (χ0v) is 11.4. The highest BCUT2D eigenvalue weighted by molar-refractivity contribution is 7.80. The number of nitrogens with zero attached hydrogens (tertiary/aromatic N) is 1. The molecule has 0 saturated carbocycles. The van der Waals surface area contributed by atoms with Gasteiger partial charge in [-0.15, -0.1) is 0 Å². The lowest BCUT2D eigenvalue weighted by molar-refractivity contribution is 0.468. The van der Waals surface area contributed by atoms with Crippen molar-refractivity contribution in [3.8, 4) is 22.6 Å². The van der Waals surface area contributed by atoms with Crippen molar-refractivity contribution >= 4 is 12.6 Å². The van der Waals surface area contributed by atoms with Crippen LogP contribution < -0.4 is 0 Å². The fourth-order valence-corrected chi connectivity index (χ4v) is 2.19. The summed E-state index contributed by atoms with van der Waals surface area (Å²) in [5, 5.41) is 0.384. The Morgan fingerprint density at radius 1 is 0.895 bits per heavy atom. The third-order valence-electron chi connectivity index (χ3n) is 2.98. The fourth-order valence-electron chi connectivity index (χ4n) is 2.00. The Kier molecular flexibility index (Phi) is 3.13. The van der Waals surface area contributed by atoms with E-state index < -0.39 is 0 Å². The van der Waals surface area contributed by atoms with E-state index in [4.69, 9.17) is 4.42 Å². The van der Waals surface area contributed by atoms with Gasteiger partial charge in [0.25, 0.3) is 5.22 Å². The molecule has 2 nitrogen and oxygen atoms in total. The Balaban J connectivity index is 2.15. The largest absolute Gasteiger partial charge is 0.431 e. The van der Waals surface area contributed by atoms with Crippen LogP contribution in [0.5, 0.6) is 0 Å². The van der Waals surface area contributed by atoms with Crippen molar-refractivity contribution in [3.63, 3.8) is 0 Å². The van der Waals surface area contributed by atoms with Crippen molar-refractivity contribution in [3.05, 3.63) is 60.2 Å². The number of hydrogen-bond donors (Lipinski definition) is 1. The normalized spacial score (nSPS) is 10.6. The lowest BCUT2D eigenvalue weighted by Crippen LogP contribution is -1.82. The van der Waals surface area contributed by atoms with Crippen LogP contribution in [0.15, 0.2) is 64.2 Å². The van der Waals surface area contributed by atoms with Gasteiger partial charge in [0.05, 0.1) is 0 Å². The molecule has 0 saturated heterocycles. The molecular weight excluding hydrogens is 254 g/mol. The van der Waals surface area contributed by atoms with Crippen LogP contribution in [0.4, 0.5) is 0 Å². The molecule has 0 fully saturated rings. The first-order chi connectivity index (χ1) is 9.24. The van der Waals surface area contributed by atoms with Crippen molar-refractivity contribution in [1.82, 2.24) is 4.98 Å². The predicted octanol–water partition coefficient (Wildman–Crippen LogP) is 4.61. The summed E-state index contributed by atoms with van der Waals surface area (Å²) in [5.41, 5.74) is 4.09. The summed E-state index contributed by atoms with van der Waals surface area (Å²) in [4.78, 5) is 4.38. The second-order valence-corrected chi connectivity index (χ2v) is 4.79. The van der Waals surface area contributed by atoms with Gasteiger partial charge in [-0.25, -0.2) is 4.98 Å². The zero-order valence-electron chi connectivity index (χ0n) is 10.5. The lowest BCUT2D eigenvalue weighted by Gasteiger charge is -2.01. The molecule has 1 aromatic heterocycles. The molecule has 0 unspecified atom stereocenters. The van der Waals surface area contributed by atoms with Crippen LogP contribution in [0.1, 0.15) is 5.56 Å². The number of rotatable bonds is 2. The highest BCUT2D eigenvalue weighted by Crippen LogP contribution is 2.33. The van der Waals surface area contributed by atoms with Crippen LogP contribution in [0.2, 0.25) is 0 Å². The molecule has 94 valence electrons. The maximum atomic E-state index is 5.64. The Hall–Kier alpha value is -2.00. The Morgan fingerprint density at radius 2 is 1.58 bits per heavy atom. The minimum absolute atomic E-state index is 0.384. The third kappa shape index (κ3) is 2.42. The molecule has 19 heavy (non-hydrogen) atoms. The van der Waals surface area contributed by atoms with E-state index in [1.165, 1.54) is 5.56 Å². The van der Waals surface area contributed by atoms with E-state index in [1.54, 1.807) is 0 Å². The second kappa shape index (κ2) is 4.94. The van der Waals surface area contributed by atoms with Crippen LogP contribution in [0.3, 0.4) is 0 Å². The van der Waals surface area contributed by atoms with E-state index in [0.29, 0.717) is 5.22 Å². The first kappa shape index (κ1) is 12.1. The van der Waals surface area contributed by atoms with Crippen molar-refractivity contribution in [2.24, 2.45) is 0 Å². The topological polar surface area (TPSA) is 26.0 Å². The van der Waals surface area contributed by atoms with E-state index in [0.717, 1.165) is 22.6 Å². The van der Waals surface area contributed by atoms with Crippen molar-refractivity contribution < 1.29 is 4.42 Å². The molecule has 2 aromatic carbocycles. The molecule has 0 aliphatic heterocycles. The number of oxazole rings is 1. The number of thiol groups is 1. The molecule has 0 aliphatic carbocycles. The van der Waals surface area contributed by atoms with Crippen LogP contribution in [-0.2, 0) is 0 Å². The van der Waals surface area contributed by atoms with E-state index in [1.807, 2.05) is 42.5 Å². The van der Waals surface area contributed by atoms with Gasteiger partial charge in [0.2, 0.25) is 0 Å². The Labute approximate surface area is 117 Å². The van der Waals surface area contributed by atoms with Gasteiger partial charge in [0.15, 0.2) is 5.76 Å². The Morgan fingerprint density at radius 3 is 2.26 bits per heavy atom. The predicted molar refractivity (Wildman–Crippen MR) is 79.4 cm³/mol. The molecule has 1 heterocycles. The smallest absolute Gasteiger partial charge is 0.253 e. The summed E-state index contributed by atoms with van der Waals surface area (Å²) in [6.07, 6.45) is 0. The van der Waals surface area contributed by atoms with Crippen molar-refractivity contribution in [1.29, 1.82) is 0 Å². The minimum atomic E-state index is 0.384. The molecule has 0 bridgehead atoms. The summed E-state index contributed by atoms with van der Waals surface area (Å²) in [6.45, 7) is 2.06. The number of aromatic nitrogens is 1. The molecule has 0 radical (unpaired) electrons. The summed E-state index contributed by atoms with van der Waals surface area (Å²) in [7, 11) is 0. The summed E-state index contributed by atoms with van der Waals surface area (Å²) < 4.78 is 5.64. The molecular formula is C16H13NOS. The SMILES string of the molecule is Cc1ccc(-c2nc(S)oc2-c2ccccc2)cc1. The number of benzene rings is 2. The molecule has 3 aromatic rings. The summed E-state index contributed by atoms with van der Waals surface area (Å²) >= 11 is 4.22. The number of aryl methyl sites for hydroxylation is 1. The van der Waals surface area contributed by atoms with Crippen LogP contribution in [-0.4, -0.2) is 4.98 Å². The van der Waals surface area contributed by atoms with E-state index in [-0.39, 0.29) is 0 Å². The van der Waals surface area contributed by atoms with Crippen LogP contribution in [0.25, 0.3) is 22.6 Å². The maximum absolute atomic E-state index is 5.64. The molecule has 0 N–H and O–H groups in total. The van der Waals surface area contributed by atoms with Gasteiger partial charge in [0, 0.05) is 11.1 Å². The quantitative estimate of drug-likeness (QED) is 0.686. The van der Waals surface area contributed by atoms with Gasteiger partial charge in [-0.2, -0.15) is 0 Å². The van der Waals surface area contributed by atoms with Crippen molar-refractivity contribution in [2.75, 3.05) is 0 Å². The molecule has 3 heteroatoms. The van der Waals surface area contributed by atoms with Gasteiger partial charge in [0.1, 0.15) is 5.69 Å². The number of hydrogen-bond acceptors (Lipinski definition) is 3. The monoisotopic (exact) mass is 267 g/mol. The zero-order chi connectivity index (χ0) is 13.2. The van der Waals surface area contributed by atoms with E-state index in [9.17, 15) is 0 Å². The average molecular weight is 267 g/mol. The van der Waals surface area contributed by atoms with Gasteiger partial charge in [-0.1, -0.05) is 72.8 Å². The van der Waals surface area contributed by atoms with Crippen molar-refractivity contribution in [2.45, 2.75) is 12.1 Å². The lowest BCUT2D eigenvalue weighted by atomic mass is 10.0. The van der Waals surface area contributed by atoms with Gasteiger partial charge >= 0.3 is 0 Å². The fraction of sp³-hybridized carbons (Fsp3) is 0.0625. The Bertz CT molecular complexity index is 687. The van der Waals surface area contributed by atoms with Gasteiger partial charge in [-0.3, -0.25) is 0 Å². The summed E-state index contributed by atoms with van der Waals surface area (Å²) in [5.74, 6) is 0.759.